The van der Waals surface area contributed by atoms with Crippen molar-refractivity contribution in [2.45, 2.75) is 33.6 Å². The van der Waals surface area contributed by atoms with Crippen molar-refractivity contribution >= 4 is 11.6 Å². The van der Waals surface area contributed by atoms with Crippen molar-refractivity contribution in [3.63, 3.8) is 0 Å². The molecule has 1 atom stereocenters. The molecule has 1 aromatic rings. The van der Waals surface area contributed by atoms with E-state index in [1.807, 2.05) is 18.2 Å². The van der Waals surface area contributed by atoms with Crippen molar-refractivity contribution in [2.24, 2.45) is 5.41 Å². The van der Waals surface area contributed by atoms with Crippen LogP contribution in [0.5, 0.6) is 0 Å². The lowest BCUT2D eigenvalue weighted by atomic mass is 9.78. The minimum atomic E-state index is 0.269. The SMILES string of the molecule is CC(c1ccccc1Cl)C(C)(C)C. The van der Waals surface area contributed by atoms with Crippen LogP contribution >= 0.6 is 11.6 Å². The summed E-state index contributed by atoms with van der Waals surface area (Å²) in [6, 6.07) is 8.09. The third-order valence-corrected chi connectivity index (χ3v) is 3.01. The van der Waals surface area contributed by atoms with Crippen LogP contribution in [0.4, 0.5) is 0 Å². The predicted octanol–water partition coefficient (Wildman–Crippen LogP) is 4.49. The van der Waals surface area contributed by atoms with Gasteiger partial charge in [-0.15, -0.1) is 0 Å². The second-order valence-electron chi connectivity index (χ2n) is 4.61. The highest BCUT2D eigenvalue weighted by atomic mass is 35.5. The molecule has 1 heteroatoms. The van der Waals surface area contributed by atoms with Crippen molar-refractivity contribution in [1.29, 1.82) is 0 Å². The third kappa shape index (κ3) is 2.47. The maximum absolute atomic E-state index is 6.13. The lowest BCUT2D eigenvalue weighted by Crippen LogP contribution is -2.15. The molecule has 0 bridgehead atoms. The minimum absolute atomic E-state index is 0.269. The molecule has 13 heavy (non-hydrogen) atoms. The van der Waals surface area contributed by atoms with Crippen molar-refractivity contribution in [2.75, 3.05) is 0 Å². The molecule has 0 aliphatic carbocycles. The fraction of sp³-hybridized carbons (Fsp3) is 0.500. The summed E-state index contributed by atoms with van der Waals surface area (Å²) < 4.78 is 0. The van der Waals surface area contributed by atoms with E-state index in [9.17, 15) is 0 Å². The Bertz CT molecular complexity index is 283. The first-order valence-corrected chi connectivity index (χ1v) is 5.05. The van der Waals surface area contributed by atoms with E-state index in [4.69, 9.17) is 11.6 Å². The lowest BCUT2D eigenvalue weighted by Gasteiger charge is -2.28. The molecule has 0 aliphatic heterocycles. The molecule has 0 saturated heterocycles. The highest BCUT2D eigenvalue weighted by molar-refractivity contribution is 6.31. The molecule has 0 N–H and O–H groups in total. The Kier molecular flexibility index (Phi) is 3.02. The van der Waals surface area contributed by atoms with Gasteiger partial charge in [0.05, 0.1) is 0 Å². The summed E-state index contributed by atoms with van der Waals surface area (Å²) in [6.07, 6.45) is 0. The topological polar surface area (TPSA) is 0 Å². The van der Waals surface area contributed by atoms with E-state index in [2.05, 4.69) is 33.8 Å². The quantitative estimate of drug-likeness (QED) is 0.621. The van der Waals surface area contributed by atoms with Gasteiger partial charge >= 0.3 is 0 Å². The second-order valence-corrected chi connectivity index (χ2v) is 5.02. The van der Waals surface area contributed by atoms with E-state index in [0.717, 1.165) is 5.02 Å². The normalized spacial score (nSPS) is 14.2. The highest BCUT2D eigenvalue weighted by Gasteiger charge is 2.22. The Morgan fingerprint density at radius 2 is 1.69 bits per heavy atom. The number of benzene rings is 1. The van der Waals surface area contributed by atoms with Gasteiger partial charge in [0.2, 0.25) is 0 Å². The van der Waals surface area contributed by atoms with Gasteiger partial charge in [0, 0.05) is 5.02 Å². The Morgan fingerprint density at radius 3 is 2.15 bits per heavy atom. The number of halogens is 1. The Hall–Kier alpha value is -0.490. The molecular weight excluding hydrogens is 180 g/mol. The Morgan fingerprint density at radius 1 is 1.15 bits per heavy atom. The number of rotatable bonds is 1. The summed E-state index contributed by atoms with van der Waals surface area (Å²) in [6.45, 7) is 8.93. The van der Waals surface area contributed by atoms with Gasteiger partial charge in [-0.25, -0.2) is 0 Å². The highest BCUT2D eigenvalue weighted by Crippen LogP contribution is 2.37. The predicted molar refractivity (Wildman–Crippen MR) is 59.3 cm³/mol. The van der Waals surface area contributed by atoms with Crippen LogP contribution in [0.1, 0.15) is 39.2 Å². The molecule has 0 heterocycles. The molecule has 1 rings (SSSR count). The van der Waals surface area contributed by atoms with Gasteiger partial charge in [0.25, 0.3) is 0 Å². The van der Waals surface area contributed by atoms with Gasteiger partial charge in [-0.2, -0.15) is 0 Å². The van der Waals surface area contributed by atoms with Crippen molar-refractivity contribution in [1.82, 2.24) is 0 Å². The molecule has 0 fully saturated rings. The van der Waals surface area contributed by atoms with Gasteiger partial charge < -0.3 is 0 Å². The van der Waals surface area contributed by atoms with Crippen LogP contribution in [0.3, 0.4) is 0 Å². The summed E-state index contributed by atoms with van der Waals surface area (Å²) >= 11 is 6.13. The minimum Gasteiger partial charge on any atom is -0.0840 e. The third-order valence-electron chi connectivity index (χ3n) is 2.67. The fourth-order valence-corrected chi connectivity index (χ4v) is 1.59. The Labute approximate surface area is 85.9 Å². The summed E-state index contributed by atoms with van der Waals surface area (Å²) in [7, 11) is 0. The van der Waals surface area contributed by atoms with Crippen LogP contribution in [0.25, 0.3) is 0 Å². The maximum atomic E-state index is 6.13. The van der Waals surface area contributed by atoms with Crippen LogP contribution in [-0.2, 0) is 0 Å². The monoisotopic (exact) mass is 196 g/mol. The molecule has 1 aromatic carbocycles. The molecule has 0 nitrogen and oxygen atoms in total. The van der Waals surface area contributed by atoms with E-state index in [1.165, 1.54) is 5.56 Å². The van der Waals surface area contributed by atoms with E-state index < -0.39 is 0 Å². The van der Waals surface area contributed by atoms with Crippen LogP contribution < -0.4 is 0 Å². The number of hydrogen-bond donors (Lipinski definition) is 0. The Balaban J connectivity index is 3.02. The van der Waals surface area contributed by atoms with Crippen molar-refractivity contribution < 1.29 is 0 Å². The zero-order chi connectivity index (χ0) is 10.1. The molecule has 0 aliphatic rings. The van der Waals surface area contributed by atoms with Gasteiger partial charge in [0.1, 0.15) is 0 Å². The van der Waals surface area contributed by atoms with E-state index >= 15 is 0 Å². The summed E-state index contributed by atoms with van der Waals surface area (Å²) in [5.41, 5.74) is 1.52. The molecule has 0 aromatic heterocycles. The van der Waals surface area contributed by atoms with Gasteiger partial charge in [0.15, 0.2) is 0 Å². The van der Waals surface area contributed by atoms with E-state index in [0.29, 0.717) is 5.92 Å². The van der Waals surface area contributed by atoms with Gasteiger partial charge in [-0.1, -0.05) is 57.5 Å². The molecule has 0 spiro atoms. The molecular formula is C12H17Cl. The first-order valence-electron chi connectivity index (χ1n) is 4.67. The van der Waals surface area contributed by atoms with Gasteiger partial charge in [-0.3, -0.25) is 0 Å². The van der Waals surface area contributed by atoms with Crippen LogP contribution in [0, 0.1) is 5.41 Å². The molecule has 72 valence electrons. The van der Waals surface area contributed by atoms with Crippen molar-refractivity contribution in [3.05, 3.63) is 34.9 Å². The largest absolute Gasteiger partial charge is 0.0840 e. The maximum Gasteiger partial charge on any atom is 0.0440 e. The summed E-state index contributed by atoms with van der Waals surface area (Å²) in [4.78, 5) is 0. The molecule has 1 unspecified atom stereocenters. The fourth-order valence-electron chi connectivity index (χ4n) is 1.29. The van der Waals surface area contributed by atoms with Crippen LogP contribution in [-0.4, -0.2) is 0 Å². The average molecular weight is 197 g/mol. The van der Waals surface area contributed by atoms with Crippen molar-refractivity contribution in [3.8, 4) is 0 Å². The molecule has 0 amide bonds. The van der Waals surface area contributed by atoms with Gasteiger partial charge in [-0.05, 0) is 23.0 Å². The van der Waals surface area contributed by atoms with E-state index in [-0.39, 0.29) is 5.41 Å². The second kappa shape index (κ2) is 3.71. The summed E-state index contributed by atoms with van der Waals surface area (Å²) in [5, 5.41) is 0.880. The molecule has 0 radical (unpaired) electrons. The average Bonchev–Trinajstić information content (AvgIpc) is 2.02. The summed E-state index contributed by atoms with van der Waals surface area (Å²) in [5.74, 6) is 0.487. The first-order chi connectivity index (χ1) is 5.93. The standard InChI is InChI=1S/C12H17Cl/c1-9(12(2,3)4)10-7-5-6-8-11(10)13/h5-9H,1-4H3. The smallest absolute Gasteiger partial charge is 0.0440 e. The van der Waals surface area contributed by atoms with Crippen LogP contribution in [0.2, 0.25) is 5.02 Å². The van der Waals surface area contributed by atoms with Crippen LogP contribution in [0.15, 0.2) is 24.3 Å². The lowest BCUT2D eigenvalue weighted by molar-refractivity contribution is 0.339. The number of hydrogen-bond acceptors (Lipinski definition) is 0. The zero-order valence-corrected chi connectivity index (χ0v) is 9.52. The first kappa shape index (κ1) is 10.6. The van der Waals surface area contributed by atoms with E-state index in [1.54, 1.807) is 0 Å². The molecule has 0 saturated carbocycles. The zero-order valence-electron chi connectivity index (χ0n) is 8.76.